The van der Waals surface area contributed by atoms with E-state index in [4.69, 9.17) is 5.73 Å². The van der Waals surface area contributed by atoms with Gasteiger partial charge in [-0.1, -0.05) is 32.0 Å². The second kappa shape index (κ2) is 5.32. The minimum absolute atomic E-state index is 0.0138. The van der Waals surface area contributed by atoms with Gasteiger partial charge in [-0.3, -0.25) is 0 Å². The van der Waals surface area contributed by atoms with Crippen molar-refractivity contribution < 1.29 is 26.7 Å². The molecule has 0 amide bonds. The lowest BCUT2D eigenvalue weighted by Crippen LogP contribution is -2.51. The topological polar surface area (TPSA) is 35.2 Å². The Morgan fingerprint density at radius 3 is 2.11 bits per heavy atom. The van der Waals surface area contributed by atoms with Gasteiger partial charge in [0.15, 0.2) is 0 Å². The Bertz CT molecular complexity index is 430. The molecule has 0 aliphatic carbocycles. The molecule has 7 heteroatoms. The molecule has 1 unspecified atom stereocenters. The van der Waals surface area contributed by atoms with Gasteiger partial charge in [-0.2, -0.15) is 22.0 Å². The number of ether oxygens (including phenoxy) is 1. The Hall–Kier alpha value is -1.37. The molecule has 0 heterocycles. The molecular weight excluding hydrogens is 269 g/mol. The summed E-state index contributed by atoms with van der Waals surface area (Å²) in [4.78, 5) is 0. The first-order chi connectivity index (χ1) is 8.56. The van der Waals surface area contributed by atoms with Crippen molar-refractivity contribution in [3.63, 3.8) is 0 Å². The van der Waals surface area contributed by atoms with Gasteiger partial charge in [-0.05, 0) is 6.07 Å². The van der Waals surface area contributed by atoms with E-state index in [-0.39, 0.29) is 11.3 Å². The fraction of sp³-hybridized carbons (Fsp3) is 0.500. The smallest absolute Gasteiger partial charge is 0.404 e. The number of halogens is 5. The molecule has 0 fully saturated rings. The predicted molar refractivity (Wildman–Crippen MR) is 60.1 cm³/mol. The number of rotatable bonds is 4. The van der Waals surface area contributed by atoms with E-state index in [1.165, 1.54) is 38.1 Å². The van der Waals surface area contributed by atoms with Gasteiger partial charge in [0.2, 0.25) is 0 Å². The van der Waals surface area contributed by atoms with Gasteiger partial charge in [0.25, 0.3) is 0 Å². The lowest BCUT2D eigenvalue weighted by Gasteiger charge is -2.34. The molecule has 0 aromatic heterocycles. The van der Waals surface area contributed by atoms with Gasteiger partial charge in [0.05, 0.1) is 0 Å². The van der Waals surface area contributed by atoms with E-state index in [2.05, 4.69) is 4.74 Å². The monoisotopic (exact) mass is 283 g/mol. The quantitative estimate of drug-likeness (QED) is 0.859. The molecular formula is C12H14F5NO. The third-order valence-corrected chi connectivity index (χ3v) is 2.93. The van der Waals surface area contributed by atoms with Crippen molar-refractivity contribution in [2.24, 2.45) is 5.73 Å². The number of hydrogen-bond donors (Lipinski definition) is 1. The summed E-state index contributed by atoms with van der Waals surface area (Å²) in [6.45, 7) is -0.642. The van der Waals surface area contributed by atoms with Gasteiger partial charge in [0, 0.05) is 11.0 Å². The molecule has 0 saturated carbocycles. The van der Waals surface area contributed by atoms with Crippen LogP contribution in [0.5, 0.6) is 5.75 Å². The SMILES string of the molecule is CC(C)(c1ccccc1OC(F)F)C(N)C(F)(F)F. The van der Waals surface area contributed by atoms with Crippen LogP contribution in [0.25, 0.3) is 0 Å². The zero-order valence-corrected chi connectivity index (χ0v) is 10.3. The maximum atomic E-state index is 12.7. The average molecular weight is 283 g/mol. The third-order valence-electron chi connectivity index (χ3n) is 2.93. The second-order valence-corrected chi connectivity index (χ2v) is 4.62. The molecule has 0 spiro atoms. The van der Waals surface area contributed by atoms with Gasteiger partial charge >= 0.3 is 12.8 Å². The molecule has 19 heavy (non-hydrogen) atoms. The molecule has 2 N–H and O–H groups in total. The van der Waals surface area contributed by atoms with Crippen molar-refractivity contribution in [1.29, 1.82) is 0 Å². The lowest BCUT2D eigenvalue weighted by molar-refractivity contribution is -0.160. The van der Waals surface area contributed by atoms with Crippen LogP contribution in [-0.4, -0.2) is 18.8 Å². The van der Waals surface area contributed by atoms with E-state index in [1.807, 2.05) is 0 Å². The first-order valence-corrected chi connectivity index (χ1v) is 5.43. The Morgan fingerprint density at radius 2 is 1.63 bits per heavy atom. The van der Waals surface area contributed by atoms with Crippen molar-refractivity contribution >= 4 is 0 Å². The van der Waals surface area contributed by atoms with E-state index >= 15 is 0 Å². The summed E-state index contributed by atoms with van der Waals surface area (Å²) in [6.07, 6.45) is -4.64. The number of hydrogen-bond acceptors (Lipinski definition) is 2. The van der Waals surface area contributed by atoms with Crippen LogP contribution in [0.3, 0.4) is 0 Å². The van der Waals surface area contributed by atoms with Crippen LogP contribution in [0, 0.1) is 0 Å². The zero-order valence-electron chi connectivity index (χ0n) is 10.3. The van der Waals surface area contributed by atoms with E-state index in [0.717, 1.165) is 0 Å². The molecule has 1 rings (SSSR count). The summed E-state index contributed by atoms with van der Waals surface area (Å²) in [5.41, 5.74) is 3.58. The molecule has 0 bridgehead atoms. The van der Waals surface area contributed by atoms with Crippen molar-refractivity contribution in [1.82, 2.24) is 0 Å². The van der Waals surface area contributed by atoms with Crippen LogP contribution in [0.4, 0.5) is 22.0 Å². The highest BCUT2D eigenvalue weighted by Gasteiger charge is 2.48. The number of para-hydroxylation sites is 1. The normalized spacial score (nSPS) is 14.6. The summed E-state index contributed by atoms with van der Waals surface area (Å²) < 4.78 is 66.9. The van der Waals surface area contributed by atoms with Gasteiger partial charge < -0.3 is 10.5 Å². The van der Waals surface area contributed by atoms with Gasteiger partial charge in [-0.15, -0.1) is 0 Å². The first-order valence-electron chi connectivity index (χ1n) is 5.43. The number of alkyl halides is 5. The van der Waals surface area contributed by atoms with Crippen molar-refractivity contribution in [2.75, 3.05) is 0 Å². The molecule has 1 atom stereocenters. The lowest BCUT2D eigenvalue weighted by atomic mass is 9.77. The molecule has 1 aromatic rings. The van der Waals surface area contributed by atoms with Crippen LogP contribution >= 0.6 is 0 Å². The maximum Gasteiger partial charge on any atom is 0.404 e. The minimum Gasteiger partial charge on any atom is -0.435 e. The molecule has 108 valence electrons. The first kappa shape index (κ1) is 15.7. The Kier molecular flexibility index (Phi) is 4.39. The number of nitrogens with two attached hydrogens (primary N) is 1. The van der Waals surface area contributed by atoms with E-state index in [1.54, 1.807) is 0 Å². The third kappa shape index (κ3) is 3.56. The van der Waals surface area contributed by atoms with E-state index in [9.17, 15) is 22.0 Å². The minimum atomic E-state index is -4.64. The molecule has 2 nitrogen and oxygen atoms in total. The van der Waals surface area contributed by atoms with Crippen molar-refractivity contribution in [3.8, 4) is 5.75 Å². The standard InChI is InChI=1S/C12H14F5NO/c1-11(2,9(18)12(15,16)17)7-5-3-4-6-8(7)19-10(13)14/h3-6,9-10H,18H2,1-2H3. The van der Waals surface area contributed by atoms with Crippen molar-refractivity contribution in [2.45, 2.75) is 38.1 Å². The Morgan fingerprint density at radius 1 is 1.11 bits per heavy atom. The fourth-order valence-corrected chi connectivity index (χ4v) is 1.77. The van der Waals surface area contributed by atoms with Crippen LogP contribution < -0.4 is 10.5 Å². The molecule has 1 aromatic carbocycles. The number of benzene rings is 1. The maximum absolute atomic E-state index is 12.7. The zero-order chi connectivity index (χ0) is 14.8. The summed E-state index contributed by atoms with van der Waals surface area (Å²) in [5.74, 6) is -0.304. The fourth-order valence-electron chi connectivity index (χ4n) is 1.77. The molecule has 0 aliphatic heterocycles. The van der Waals surface area contributed by atoms with E-state index in [0.29, 0.717) is 0 Å². The van der Waals surface area contributed by atoms with Crippen LogP contribution in [0.1, 0.15) is 19.4 Å². The van der Waals surface area contributed by atoms with Crippen LogP contribution in [0.2, 0.25) is 0 Å². The highest BCUT2D eigenvalue weighted by molar-refractivity contribution is 5.40. The molecule has 0 saturated heterocycles. The summed E-state index contributed by atoms with van der Waals surface area (Å²) in [6, 6.07) is 3.13. The average Bonchev–Trinajstić information content (AvgIpc) is 2.26. The Balaban J connectivity index is 3.21. The largest absolute Gasteiger partial charge is 0.435 e. The second-order valence-electron chi connectivity index (χ2n) is 4.62. The molecule has 0 radical (unpaired) electrons. The predicted octanol–water partition coefficient (Wildman–Crippen LogP) is 3.46. The van der Waals surface area contributed by atoms with Gasteiger partial charge in [0.1, 0.15) is 11.8 Å². The molecule has 0 aliphatic rings. The summed E-state index contributed by atoms with van der Waals surface area (Å²) >= 11 is 0. The summed E-state index contributed by atoms with van der Waals surface area (Å²) in [5, 5.41) is 0. The Labute approximate surface area is 107 Å². The summed E-state index contributed by atoms with van der Waals surface area (Å²) in [7, 11) is 0. The van der Waals surface area contributed by atoms with Crippen LogP contribution in [-0.2, 0) is 5.41 Å². The van der Waals surface area contributed by atoms with Gasteiger partial charge in [-0.25, -0.2) is 0 Å². The van der Waals surface area contributed by atoms with Crippen molar-refractivity contribution in [3.05, 3.63) is 29.8 Å². The highest BCUT2D eigenvalue weighted by Crippen LogP contribution is 2.39. The van der Waals surface area contributed by atoms with Crippen LogP contribution in [0.15, 0.2) is 24.3 Å². The highest BCUT2D eigenvalue weighted by atomic mass is 19.4. The van der Waals surface area contributed by atoms with E-state index < -0.39 is 24.2 Å².